The van der Waals surface area contributed by atoms with E-state index in [1.165, 1.54) is 11.1 Å². The SMILES string of the molecule is O=C(CN(CC1CCCO1)C(=O)C1CC1)N1CCN(c2ccc(-c3ccc(-c4ccccc4)cc3)nn2)CC1. The minimum Gasteiger partial charge on any atom is -0.376 e. The van der Waals surface area contributed by atoms with Gasteiger partial charge in [0.15, 0.2) is 5.82 Å². The van der Waals surface area contributed by atoms with Crippen LogP contribution in [-0.2, 0) is 14.3 Å². The van der Waals surface area contributed by atoms with Crippen molar-refractivity contribution in [2.75, 3.05) is 50.8 Å². The van der Waals surface area contributed by atoms with E-state index in [1.54, 1.807) is 4.90 Å². The number of benzene rings is 2. The van der Waals surface area contributed by atoms with Crippen LogP contribution in [0.2, 0.25) is 0 Å². The Balaban J connectivity index is 1.03. The van der Waals surface area contributed by atoms with Crippen molar-refractivity contribution >= 4 is 17.6 Å². The lowest BCUT2D eigenvalue weighted by Gasteiger charge is -2.36. The Hall–Kier alpha value is -3.78. The molecule has 1 aromatic heterocycles. The summed E-state index contributed by atoms with van der Waals surface area (Å²) in [6.07, 6.45) is 3.91. The van der Waals surface area contributed by atoms with Crippen molar-refractivity contribution < 1.29 is 14.3 Å². The van der Waals surface area contributed by atoms with Crippen LogP contribution in [0.1, 0.15) is 25.7 Å². The molecule has 1 aliphatic carbocycles. The number of carbonyl (C=O) groups is 2. The lowest BCUT2D eigenvalue weighted by atomic mass is 10.0. The second-order valence-electron chi connectivity index (χ2n) is 10.7. The Morgan fingerprint density at radius 3 is 2.18 bits per heavy atom. The van der Waals surface area contributed by atoms with Gasteiger partial charge in [-0.15, -0.1) is 10.2 Å². The molecule has 0 bridgehead atoms. The average molecular weight is 526 g/mol. The number of aromatic nitrogens is 2. The fourth-order valence-electron chi connectivity index (χ4n) is 5.42. The summed E-state index contributed by atoms with van der Waals surface area (Å²) in [6, 6.07) is 22.7. The molecule has 0 spiro atoms. The third kappa shape index (κ3) is 6.11. The van der Waals surface area contributed by atoms with Crippen molar-refractivity contribution in [1.82, 2.24) is 20.0 Å². The van der Waals surface area contributed by atoms with Gasteiger partial charge in [0.1, 0.15) is 0 Å². The van der Waals surface area contributed by atoms with Gasteiger partial charge in [0.2, 0.25) is 11.8 Å². The van der Waals surface area contributed by atoms with E-state index in [0.29, 0.717) is 32.7 Å². The van der Waals surface area contributed by atoms with E-state index >= 15 is 0 Å². The summed E-state index contributed by atoms with van der Waals surface area (Å²) >= 11 is 0. The fourth-order valence-corrected chi connectivity index (χ4v) is 5.42. The van der Waals surface area contributed by atoms with E-state index in [1.807, 2.05) is 35.2 Å². The zero-order valence-corrected chi connectivity index (χ0v) is 22.2. The van der Waals surface area contributed by atoms with Gasteiger partial charge < -0.3 is 19.4 Å². The molecule has 2 saturated heterocycles. The normalized spacial score (nSPS) is 19.2. The largest absolute Gasteiger partial charge is 0.376 e. The van der Waals surface area contributed by atoms with Crippen molar-refractivity contribution in [3.05, 3.63) is 66.7 Å². The number of ether oxygens (including phenoxy) is 1. The zero-order chi connectivity index (χ0) is 26.6. The van der Waals surface area contributed by atoms with Crippen molar-refractivity contribution in [2.45, 2.75) is 31.8 Å². The molecule has 1 saturated carbocycles. The van der Waals surface area contributed by atoms with Gasteiger partial charge in [-0.2, -0.15) is 0 Å². The Morgan fingerprint density at radius 2 is 1.54 bits per heavy atom. The summed E-state index contributed by atoms with van der Waals surface area (Å²) in [5.74, 6) is 1.04. The number of hydrogen-bond acceptors (Lipinski definition) is 6. The molecule has 0 N–H and O–H groups in total. The molecular weight excluding hydrogens is 490 g/mol. The van der Waals surface area contributed by atoms with Crippen LogP contribution in [-0.4, -0.2) is 83.8 Å². The zero-order valence-electron chi connectivity index (χ0n) is 22.2. The van der Waals surface area contributed by atoms with Gasteiger partial charge in [-0.05, 0) is 48.9 Å². The number of piperazine rings is 1. The lowest BCUT2D eigenvalue weighted by molar-refractivity contribution is -0.142. The van der Waals surface area contributed by atoms with Gasteiger partial charge in [0, 0.05) is 50.8 Å². The first-order chi connectivity index (χ1) is 19.1. The predicted molar refractivity (Wildman–Crippen MR) is 150 cm³/mol. The van der Waals surface area contributed by atoms with Crippen LogP contribution >= 0.6 is 0 Å². The van der Waals surface area contributed by atoms with E-state index in [9.17, 15) is 9.59 Å². The third-order valence-corrected chi connectivity index (χ3v) is 7.91. The highest BCUT2D eigenvalue weighted by atomic mass is 16.5. The number of carbonyl (C=O) groups excluding carboxylic acids is 2. The highest BCUT2D eigenvalue weighted by molar-refractivity contribution is 5.87. The maximum absolute atomic E-state index is 13.1. The van der Waals surface area contributed by atoms with Crippen molar-refractivity contribution in [3.63, 3.8) is 0 Å². The first-order valence-electron chi connectivity index (χ1n) is 14.1. The van der Waals surface area contributed by atoms with Crippen molar-refractivity contribution in [1.29, 1.82) is 0 Å². The van der Waals surface area contributed by atoms with Crippen LogP contribution in [0, 0.1) is 5.92 Å². The molecule has 3 fully saturated rings. The molecule has 2 amide bonds. The van der Waals surface area contributed by atoms with Crippen LogP contribution in [0.3, 0.4) is 0 Å². The van der Waals surface area contributed by atoms with Crippen LogP contribution in [0.25, 0.3) is 22.4 Å². The molecule has 6 rings (SSSR count). The molecule has 3 heterocycles. The molecule has 0 radical (unpaired) electrons. The van der Waals surface area contributed by atoms with Crippen LogP contribution in [0.15, 0.2) is 66.7 Å². The quantitative estimate of drug-likeness (QED) is 0.444. The second kappa shape index (κ2) is 11.5. The molecule has 202 valence electrons. The first kappa shape index (κ1) is 25.5. The lowest BCUT2D eigenvalue weighted by Crippen LogP contribution is -2.53. The number of hydrogen-bond donors (Lipinski definition) is 0. The van der Waals surface area contributed by atoms with Gasteiger partial charge in [-0.25, -0.2) is 0 Å². The Labute approximate surface area is 229 Å². The molecule has 8 nitrogen and oxygen atoms in total. The average Bonchev–Trinajstić information content (AvgIpc) is 3.73. The first-order valence-corrected chi connectivity index (χ1v) is 14.1. The van der Waals surface area contributed by atoms with E-state index in [4.69, 9.17) is 4.74 Å². The van der Waals surface area contributed by atoms with E-state index in [2.05, 4.69) is 51.5 Å². The van der Waals surface area contributed by atoms with E-state index in [0.717, 1.165) is 49.4 Å². The number of rotatable bonds is 8. The molecule has 1 unspecified atom stereocenters. The summed E-state index contributed by atoms with van der Waals surface area (Å²) in [6.45, 7) is 4.01. The summed E-state index contributed by atoms with van der Waals surface area (Å²) in [5, 5.41) is 8.97. The monoisotopic (exact) mass is 525 g/mol. The molecular formula is C31H35N5O3. The minimum absolute atomic E-state index is 0.0158. The molecule has 1 atom stereocenters. The third-order valence-electron chi connectivity index (χ3n) is 7.91. The number of amides is 2. The minimum atomic E-state index is 0.0158. The Kier molecular flexibility index (Phi) is 7.54. The highest BCUT2D eigenvalue weighted by Gasteiger charge is 2.36. The van der Waals surface area contributed by atoms with Gasteiger partial charge >= 0.3 is 0 Å². The maximum Gasteiger partial charge on any atom is 0.242 e. The van der Waals surface area contributed by atoms with Gasteiger partial charge in [0.25, 0.3) is 0 Å². The number of anilines is 1. The van der Waals surface area contributed by atoms with Crippen molar-refractivity contribution in [3.8, 4) is 22.4 Å². The van der Waals surface area contributed by atoms with E-state index < -0.39 is 0 Å². The Morgan fingerprint density at radius 1 is 0.821 bits per heavy atom. The summed E-state index contributed by atoms with van der Waals surface area (Å²) < 4.78 is 5.75. The fraction of sp³-hybridized carbons (Fsp3) is 0.419. The highest BCUT2D eigenvalue weighted by Crippen LogP contribution is 2.31. The van der Waals surface area contributed by atoms with Crippen molar-refractivity contribution in [2.24, 2.45) is 5.92 Å². The summed E-state index contributed by atoms with van der Waals surface area (Å²) in [5.41, 5.74) is 4.22. The maximum atomic E-state index is 13.1. The second-order valence-corrected chi connectivity index (χ2v) is 10.7. The van der Waals surface area contributed by atoms with Gasteiger partial charge in [-0.1, -0.05) is 54.6 Å². The molecule has 8 heteroatoms. The summed E-state index contributed by atoms with van der Waals surface area (Å²) in [4.78, 5) is 31.8. The molecule has 3 aliphatic rings. The molecule has 39 heavy (non-hydrogen) atoms. The Bertz CT molecular complexity index is 1260. The van der Waals surface area contributed by atoms with Crippen LogP contribution in [0.5, 0.6) is 0 Å². The molecule has 2 aromatic carbocycles. The van der Waals surface area contributed by atoms with E-state index in [-0.39, 0.29) is 30.4 Å². The van der Waals surface area contributed by atoms with Crippen LogP contribution in [0.4, 0.5) is 5.82 Å². The topological polar surface area (TPSA) is 78.9 Å². The molecule has 3 aromatic rings. The van der Waals surface area contributed by atoms with Crippen LogP contribution < -0.4 is 4.90 Å². The standard InChI is InChI=1S/C31H35N5O3/c37-30(22-36(31(38)26-12-13-26)21-27-7-4-20-39-27)35-18-16-34(17-19-35)29-15-14-28(32-33-29)25-10-8-24(9-11-25)23-5-2-1-3-6-23/h1-3,5-6,8-11,14-15,26-27H,4,7,12-13,16-22H2. The summed E-state index contributed by atoms with van der Waals surface area (Å²) in [7, 11) is 0. The molecule has 2 aliphatic heterocycles. The smallest absolute Gasteiger partial charge is 0.242 e. The van der Waals surface area contributed by atoms with Gasteiger partial charge in [-0.3, -0.25) is 9.59 Å². The number of nitrogens with zero attached hydrogens (tertiary/aromatic N) is 5. The predicted octanol–water partition coefficient (Wildman–Crippen LogP) is 3.88. The van der Waals surface area contributed by atoms with Gasteiger partial charge in [0.05, 0.1) is 18.3 Å².